The lowest BCUT2D eigenvalue weighted by molar-refractivity contribution is -0.172. The van der Waals surface area contributed by atoms with Gasteiger partial charge in [0.05, 0.1) is 18.1 Å². The van der Waals surface area contributed by atoms with E-state index in [0.717, 1.165) is 9.87 Å². The van der Waals surface area contributed by atoms with E-state index in [2.05, 4.69) is 0 Å². The molecule has 1 aliphatic rings. The van der Waals surface area contributed by atoms with Crippen LogP contribution in [0, 0.1) is 6.92 Å². The van der Waals surface area contributed by atoms with E-state index >= 15 is 0 Å². The Morgan fingerprint density at radius 2 is 1.41 bits per heavy atom. The average Bonchev–Trinajstić information content (AvgIpc) is 3.27. The molecule has 11 heteroatoms. The lowest BCUT2D eigenvalue weighted by Gasteiger charge is -2.36. The van der Waals surface area contributed by atoms with Crippen molar-refractivity contribution in [3.8, 4) is 0 Å². The van der Waals surface area contributed by atoms with Gasteiger partial charge < -0.3 is 14.2 Å². The summed E-state index contributed by atoms with van der Waals surface area (Å²) < 4.78 is 46.8. The van der Waals surface area contributed by atoms with Crippen LogP contribution in [0.2, 0.25) is 10.0 Å². The summed E-state index contributed by atoms with van der Waals surface area (Å²) in [5.41, 5.74) is -1.46. The zero-order valence-corrected chi connectivity index (χ0v) is 23.8. The van der Waals surface area contributed by atoms with Crippen LogP contribution in [0.1, 0.15) is 42.9 Å². The number of carbonyl (C=O) groups is 2. The third kappa shape index (κ3) is 5.05. The molecule has 0 unspecified atom stereocenters. The van der Waals surface area contributed by atoms with Gasteiger partial charge in [-0.05, 0) is 50.6 Å². The molecule has 1 heterocycles. The molecule has 0 aromatic heterocycles. The number of esters is 2. The van der Waals surface area contributed by atoms with Crippen LogP contribution in [0.15, 0.2) is 77.7 Å². The van der Waals surface area contributed by atoms with E-state index in [1.807, 2.05) is 0 Å². The van der Waals surface area contributed by atoms with Crippen LogP contribution < -0.4 is 0 Å². The van der Waals surface area contributed by atoms with Crippen molar-refractivity contribution in [2.75, 3.05) is 13.2 Å². The van der Waals surface area contributed by atoms with Crippen molar-refractivity contribution in [1.29, 1.82) is 0 Å². The Morgan fingerprint density at radius 3 is 1.92 bits per heavy atom. The molecule has 0 aliphatic carbocycles. The first kappa shape index (κ1) is 29.0. The van der Waals surface area contributed by atoms with Gasteiger partial charge in [-0.3, -0.25) is 0 Å². The molecule has 0 spiro atoms. The normalized spacial score (nSPS) is 19.0. The third-order valence-electron chi connectivity index (χ3n) is 6.30. The molecule has 3 aromatic rings. The van der Waals surface area contributed by atoms with Crippen molar-refractivity contribution in [2.45, 2.75) is 43.5 Å². The topological polar surface area (TPSA) is 99.2 Å². The maximum absolute atomic E-state index is 14.5. The summed E-state index contributed by atoms with van der Waals surface area (Å²) in [5, 5.41) is 0.124. The highest BCUT2D eigenvalue weighted by Gasteiger charge is 2.72. The minimum atomic E-state index is -4.63. The number of aryl methyl sites for hydroxylation is 1. The molecule has 8 nitrogen and oxygen atoms in total. The number of rotatable bonds is 8. The van der Waals surface area contributed by atoms with Crippen LogP contribution in [0.4, 0.5) is 0 Å². The highest BCUT2D eigenvalue weighted by Crippen LogP contribution is 2.55. The van der Waals surface area contributed by atoms with Gasteiger partial charge in [0.2, 0.25) is 10.0 Å². The van der Waals surface area contributed by atoms with Crippen molar-refractivity contribution in [1.82, 2.24) is 4.31 Å². The van der Waals surface area contributed by atoms with Gasteiger partial charge in [-0.15, -0.1) is 4.31 Å². The first-order valence-electron chi connectivity index (χ1n) is 12.2. The molecule has 2 atom stereocenters. The van der Waals surface area contributed by atoms with Crippen LogP contribution in [-0.4, -0.2) is 43.4 Å². The van der Waals surface area contributed by atoms with E-state index in [-0.39, 0.29) is 33.7 Å². The molecule has 39 heavy (non-hydrogen) atoms. The molecule has 1 aliphatic heterocycles. The maximum Gasteiger partial charge on any atom is 0.342 e. The zero-order chi connectivity index (χ0) is 28.4. The molecule has 0 saturated carbocycles. The van der Waals surface area contributed by atoms with E-state index in [9.17, 15) is 18.0 Å². The van der Waals surface area contributed by atoms with Crippen LogP contribution in [-0.2, 0) is 33.8 Å². The third-order valence-corrected chi connectivity index (χ3v) is 8.83. The molecule has 3 aromatic carbocycles. The summed E-state index contributed by atoms with van der Waals surface area (Å²) in [6, 6.07) is 18.9. The Labute approximate surface area is 237 Å². The number of carbonyl (C=O) groups excluding carboxylic acids is 2. The lowest BCUT2D eigenvalue weighted by Crippen LogP contribution is -2.62. The fourth-order valence-electron chi connectivity index (χ4n) is 4.55. The SMILES string of the molecule is CCOC(=O)C1(C(=O)OCC)[C@H](c2c(Cl)cccc2Cl)O[C@H](c2ccccc2)N1S(=O)(=O)c1ccc(C)cc1. The summed E-state index contributed by atoms with van der Waals surface area (Å²) in [6.07, 6.45) is -3.08. The second-order valence-corrected chi connectivity index (χ2v) is 11.4. The number of ether oxygens (including phenoxy) is 3. The Bertz CT molecular complexity index is 1420. The van der Waals surface area contributed by atoms with Crippen molar-refractivity contribution < 1.29 is 32.2 Å². The first-order chi connectivity index (χ1) is 18.6. The number of sulfonamides is 1. The summed E-state index contributed by atoms with van der Waals surface area (Å²) in [6.45, 7) is 4.57. The van der Waals surface area contributed by atoms with E-state index in [1.54, 1.807) is 55.5 Å². The van der Waals surface area contributed by atoms with Crippen LogP contribution in [0.3, 0.4) is 0 Å². The van der Waals surface area contributed by atoms with E-state index in [0.29, 0.717) is 5.56 Å². The van der Waals surface area contributed by atoms with Gasteiger partial charge in [0.15, 0.2) is 6.23 Å². The largest absolute Gasteiger partial charge is 0.464 e. The van der Waals surface area contributed by atoms with Crippen molar-refractivity contribution in [2.24, 2.45) is 0 Å². The van der Waals surface area contributed by atoms with Gasteiger partial charge in [-0.1, -0.05) is 77.3 Å². The molecule has 0 radical (unpaired) electrons. The Hall–Kier alpha value is -2.95. The summed E-state index contributed by atoms with van der Waals surface area (Å²) >= 11 is 13.1. The van der Waals surface area contributed by atoms with Crippen LogP contribution >= 0.6 is 23.2 Å². The fourth-order valence-corrected chi connectivity index (χ4v) is 6.90. The molecule has 1 fully saturated rings. The minimum absolute atomic E-state index is 0.0458. The zero-order valence-electron chi connectivity index (χ0n) is 21.5. The van der Waals surface area contributed by atoms with Gasteiger partial charge in [0.25, 0.3) is 5.54 Å². The second-order valence-electron chi connectivity index (χ2n) is 8.74. The monoisotopic (exact) mass is 591 g/mol. The lowest BCUT2D eigenvalue weighted by atomic mass is 9.87. The standard InChI is InChI=1S/C28H27Cl2NO7S/c1-4-36-26(32)28(27(33)37-5-2)24(23-21(29)12-9-13-22(23)30)38-25(19-10-7-6-8-11-19)31(28)39(34,35)20-16-14-18(3)15-17-20/h6-17,24-25H,4-5H2,1-3H3/t24-,25+/m0/s1. The molecule has 1 saturated heterocycles. The number of nitrogens with zero attached hydrogens (tertiary/aromatic N) is 1. The Kier molecular flexibility index (Phi) is 8.68. The smallest absolute Gasteiger partial charge is 0.342 e. The van der Waals surface area contributed by atoms with Gasteiger partial charge in [-0.2, -0.15) is 0 Å². The van der Waals surface area contributed by atoms with Crippen LogP contribution in [0.25, 0.3) is 0 Å². The van der Waals surface area contributed by atoms with E-state index in [1.165, 1.54) is 38.1 Å². The summed E-state index contributed by atoms with van der Waals surface area (Å²) in [7, 11) is -4.63. The highest BCUT2D eigenvalue weighted by molar-refractivity contribution is 7.89. The minimum Gasteiger partial charge on any atom is -0.464 e. The number of hydrogen-bond acceptors (Lipinski definition) is 7. The molecule has 4 rings (SSSR count). The Balaban J connectivity index is 2.13. The predicted octanol–water partition coefficient (Wildman–Crippen LogP) is 5.63. The number of benzene rings is 3. The van der Waals surface area contributed by atoms with Gasteiger partial charge >= 0.3 is 11.9 Å². The Morgan fingerprint density at radius 1 is 0.872 bits per heavy atom. The molecule has 206 valence electrons. The second kappa shape index (κ2) is 11.7. The predicted molar refractivity (Wildman–Crippen MR) is 146 cm³/mol. The molecule has 0 bridgehead atoms. The van der Waals surface area contributed by atoms with Crippen molar-refractivity contribution in [3.63, 3.8) is 0 Å². The quantitative estimate of drug-likeness (QED) is 0.247. The van der Waals surface area contributed by atoms with E-state index < -0.39 is 39.8 Å². The molecule has 0 amide bonds. The van der Waals surface area contributed by atoms with Crippen molar-refractivity contribution >= 4 is 45.2 Å². The summed E-state index contributed by atoms with van der Waals surface area (Å²) in [4.78, 5) is 27.9. The fraction of sp³-hybridized carbons (Fsp3) is 0.286. The average molecular weight is 592 g/mol. The van der Waals surface area contributed by atoms with Gasteiger partial charge in [0, 0.05) is 15.6 Å². The van der Waals surface area contributed by atoms with Crippen molar-refractivity contribution in [3.05, 3.63) is 99.5 Å². The van der Waals surface area contributed by atoms with Gasteiger partial charge in [0.1, 0.15) is 6.10 Å². The molecular weight excluding hydrogens is 565 g/mol. The first-order valence-corrected chi connectivity index (χ1v) is 14.4. The number of halogens is 2. The highest BCUT2D eigenvalue weighted by atomic mass is 35.5. The molecule has 0 N–H and O–H groups in total. The molecular formula is C28H27Cl2NO7S. The summed E-state index contributed by atoms with van der Waals surface area (Å²) in [5.74, 6) is -2.36. The maximum atomic E-state index is 14.5. The van der Waals surface area contributed by atoms with E-state index in [4.69, 9.17) is 37.4 Å². The van der Waals surface area contributed by atoms with Gasteiger partial charge in [-0.25, -0.2) is 18.0 Å². The number of hydrogen-bond donors (Lipinski definition) is 0. The van der Waals surface area contributed by atoms with Crippen LogP contribution in [0.5, 0.6) is 0 Å².